The maximum atomic E-state index is 12.7. The van der Waals surface area contributed by atoms with Crippen LogP contribution < -0.4 is 15.5 Å². The molecule has 168 valence electrons. The molecule has 0 aliphatic carbocycles. The summed E-state index contributed by atoms with van der Waals surface area (Å²) < 4.78 is 5.53. The van der Waals surface area contributed by atoms with Crippen molar-refractivity contribution in [1.82, 2.24) is 20.4 Å². The Kier molecular flexibility index (Phi) is 5.89. The molecule has 5 rings (SSSR count). The van der Waals surface area contributed by atoms with Gasteiger partial charge >= 0.3 is 0 Å². The van der Waals surface area contributed by atoms with Gasteiger partial charge in [0.2, 0.25) is 0 Å². The molecule has 3 heterocycles. The number of rotatable bonds is 7. The summed E-state index contributed by atoms with van der Waals surface area (Å²) in [6.07, 6.45) is 2.40. The first kappa shape index (κ1) is 20.9. The predicted octanol–water partition coefficient (Wildman–Crippen LogP) is 4.04. The molecule has 4 aromatic rings. The summed E-state index contributed by atoms with van der Waals surface area (Å²) in [6.45, 7) is 5.00. The van der Waals surface area contributed by atoms with Gasteiger partial charge in [0, 0.05) is 43.4 Å². The zero-order valence-corrected chi connectivity index (χ0v) is 18.5. The van der Waals surface area contributed by atoms with E-state index in [9.17, 15) is 4.79 Å². The van der Waals surface area contributed by atoms with Crippen molar-refractivity contribution in [3.05, 3.63) is 66.0 Å². The molecule has 1 fully saturated rings. The van der Waals surface area contributed by atoms with Crippen LogP contribution in [0.15, 0.2) is 59.1 Å². The molecule has 0 unspecified atom stereocenters. The smallest absolute Gasteiger partial charge is 0.251 e. The Morgan fingerprint density at radius 1 is 1.03 bits per heavy atom. The van der Waals surface area contributed by atoms with Crippen molar-refractivity contribution in [3.63, 3.8) is 0 Å². The summed E-state index contributed by atoms with van der Waals surface area (Å²) in [4.78, 5) is 24.0. The van der Waals surface area contributed by atoms with E-state index in [0.29, 0.717) is 24.4 Å². The first-order valence-corrected chi connectivity index (χ1v) is 11.2. The number of carbonyl (C=O) groups excluding carboxylic acids is 1. The highest BCUT2D eigenvalue weighted by atomic mass is 16.5. The van der Waals surface area contributed by atoms with Gasteiger partial charge in [-0.05, 0) is 38.0 Å². The molecule has 0 saturated carbocycles. The highest BCUT2D eigenvalue weighted by molar-refractivity contribution is 6.01. The third kappa shape index (κ3) is 4.64. The Morgan fingerprint density at radius 2 is 1.85 bits per heavy atom. The normalized spacial score (nSPS) is 13.4. The monoisotopic (exact) mass is 442 g/mol. The Morgan fingerprint density at radius 3 is 2.67 bits per heavy atom. The average Bonchev–Trinajstić information content (AvgIpc) is 3.52. The van der Waals surface area contributed by atoms with Crippen molar-refractivity contribution in [2.24, 2.45) is 0 Å². The minimum atomic E-state index is -0.143. The third-order valence-electron chi connectivity index (χ3n) is 5.75. The van der Waals surface area contributed by atoms with Gasteiger partial charge in [-0.25, -0.2) is 9.97 Å². The summed E-state index contributed by atoms with van der Waals surface area (Å²) in [7, 11) is 0. The van der Waals surface area contributed by atoms with Gasteiger partial charge in [-0.2, -0.15) is 0 Å². The second-order valence-electron chi connectivity index (χ2n) is 8.15. The molecule has 2 aromatic carbocycles. The largest absolute Gasteiger partial charge is 0.368 e. The topological polar surface area (TPSA) is 96.2 Å². The van der Waals surface area contributed by atoms with E-state index in [1.54, 1.807) is 6.07 Å². The van der Waals surface area contributed by atoms with E-state index in [1.165, 1.54) is 12.8 Å². The van der Waals surface area contributed by atoms with Crippen molar-refractivity contribution < 1.29 is 9.32 Å². The molecule has 0 radical (unpaired) electrons. The number of aromatic nitrogens is 3. The number of fused-ring (bicyclic) bond motifs is 1. The van der Waals surface area contributed by atoms with Crippen LogP contribution >= 0.6 is 0 Å². The number of benzene rings is 2. The van der Waals surface area contributed by atoms with E-state index in [4.69, 9.17) is 4.52 Å². The number of anilines is 2. The molecule has 0 atom stereocenters. The van der Waals surface area contributed by atoms with Gasteiger partial charge in [-0.15, -0.1) is 0 Å². The molecule has 1 aliphatic rings. The minimum absolute atomic E-state index is 0.143. The number of hydrogen-bond acceptors (Lipinski definition) is 7. The summed E-state index contributed by atoms with van der Waals surface area (Å²) in [6, 6.07) is 17.1. The van der Waals surface area contributed by atoms with Gasteiger partial charge in [-0.3, -0.25) is 4.79 Å². The molecule has 0 spiro atoms. The van der Waals surface area contributed by atoms with E-state index in [-0.39, 0.29) is 5.91 Å². The molecule has 1 saturated heterocycles. The molecule has 33 heavy (non-hydrogen) atoms. The van der Waals surface area contributed by atoms with E-state index in [2.05, 4.69) is 30.7 Å². The average molecular weight is 443 g/mol. The zero-order chi connectivity index (χ0) is 22.6. The Hall–Kier alpha value is -3.94. The van der Waals surface area contributed by atoms with Crippen LogP contribution in [0.25, 0.3) is 22.2 Å². The van der Waals surface area contributed by atoms with Crippen LogP contribution in [0.5, 0.6) is 0 Å². The minimum Gasteiger partial charge on any atom is -0.368 e. The van der Waals surface area contributed by atoms with Gasteiger partial charge in [0.05, 0.1) is 5.39 Å². The van der Waals surface area contributed by atoms with E-state index < -0.39 is 0 Å². The molecule has 0 bridgehead atoms. The lowest BCUT2D eigenvalue weighted by atomic mass is 10.1. The van der Waals surface area contributed by atoms with Crippen LogP contribution in [0.2, 0.25) is 0 Å². The van der Waals surface area contributed by atoms with Gasteiger partial charge in [-0.1, -0.05) is 35.5 Å². The van der Waals surface area contributed by atoms with E-state index in [0.717, 1.165) is 47.0 Å². The Bertz CT molecular complexity index is 1260. The van der Waals surface area contributed by atoms with Gasteiger partial charge in [0.15, 0.2) is 5.76 Å². The Balaban J connectivity index is 1.21. The lowest BCUT2D eigenvalue weighted by molar-refractivity contribution is 0.0955. The number of nitrogens with zero attached hydrogens (tertiary/aromatic N) is 4. The molecular weight excluding hydrogens is 416 g/mol. The number of carbonyl (C=O) groups is 1. The molecular formula is C25H26N6O2. The zero-order valence-electron chi connectivity index (χ0n) is 18.5. The van der Waals surface area contributed by atoms with Crippen LogP contribution in [0.4, 0.5) is 11.6 Å². The quantitative estimate of drug-likeness (QED) is 0.417. The molecule has 2 aromatic heterocycles. The van der Waals surface area contributed by atoms with Gasteiger partial charge in [0.25, 0.3) is 5.91 Å². The summed E-state index contributed by atoms with van der Waals surface area (Å²) >= 11 is 0. The maximum absolute atomic E-state index is 12.7. The fourth-order valence-electron chi connectivity index (χ4n) is 4.10. The molecule has 2 N–H and O–H groups in total. The van der Waals surface area contributed by atoms with Crippen LogP contribution in [0.3, 0.4) is 0 Å². The first-order chi connectivity index (χ1) is 16.2. The fraction of sp³-hybridized carbons (Fsp3) is 0.280. The summed E-state index contributed by atoms with van der Waals surface area (Å²) in [5.41, 5.74) is 2.22. The number of aryl methyl sites for hydroxylation is 1. The standard InChI is InChI=1S/C25H26N6O2/c1-17-28-22(16-23(29-17)31-13-5-6-14-31)26-11-12-27-25(32)19-9-10-21-20(15-19)24(33-30-21)18-7-3-2-4-8-18/h2-4,7-10,15-16H,5-6,11-14H2,1H3,(H,27,32)(H,26,28,29). The number of hydrogen-bond donors (Lipinski definition) is 2. The summed E-state index contributed by atoms with van der Waals surface area (Å²) in [5.74, 6) is 2.99. The van der Waals surface area contributed by atoms with Crippen LogP contribution in [-0.4, -0.2) is 47.2 Å². The van der Waals surface area contributed by atoms with Crippen molar-refractivity contribution in [1.29, 1.82) is 0 Å². The maximum Gasteiger partial charge on any atom is 0.251 e. The second kappa shape index (κ2) is 9.28. The number of nitrogens with one attached hydrogen (secondary N) is 2. The van der Waals surface area contributed by atoms with Crippen molar-refractivity contribution >= 4 is 28.4 Å². The molecule has 8 heteroatoms. The molecule has 8 nitrogen and oxygen atoms in total. The SMILES string of the molecule is Cc1nc(NCCNC(=O)c2ccc3noc(-c4ccccc4)c3c2)cc(N2CCCC2)n1. The lowest BCUT2D eigenvalue weighted by Gasteiger charge is -2.17. The van der Waals surface area contributed by atoms with Crippen molar-refractivity contribution in [2.75, 3.05) is 36.4 Å². The third-order valence-corrected chi connectivity index (χ3v) is 5.75. The first-order valence-electron chi connectivity index (χ1n) is 11.2. The van der Waals surface area contributed by atoms with Crippen molar-refractivity contribution in [2.45, 2.75) is 19.8 Å². The van der Waals surface area contributed by atoms with E-state index >= 15 is 0 Å². The fourth-order valence-corrected chi connectivity index (χ4v) is 4.10. The van der Waals surface area contributed by atoms with Crippen LogP contribution in [0.1, 0.15) is 29.0 Å². The van der Waals surface area contributed by atoms with Gasteiger partial charge in [0.1, 0.15) is 23.0 Å². The number of amides is 1. The molecule has 1 amide bonds. The molecule has 1 aliphatic heterocycles. The lowest BCUT2D eigenvalue weighted by Crippen LogP contribution is -2.29. The van der Waals surface area contributed by atoms with Crippen LogP contribution in [0, 0.1) is 6.92 Å². The van der Waals surface area contributed by atoms with Gasteiger partial charge < -0.3 is 20.1 Å². The highest BCUT2D eigenvalue weighted by Crippen LogP contribution is 2.29. The summed E-state index contributed by atoms with van der Waals surface area (Å²) in [5, 5.41) is 11.2. The Labute approximate surface area is 192 Å². The predicted molar refractivity (Wildman–Crippen MR) is 128 cm³/mol. The van der Waals surface area contributed by atoms with Crippen LogP contribution in [-0.2, 0) is 0 Å². The second-order valence-corrected chi connectivity index (χ2v) is 8.15. The highest BCUT2D eigenvalue weighted by Gasteiger charge is 2.16. The van der Waals surface area contributed by atoms with Crippen molar-refractivity contribution in [3.8, 4) is 11.3 Å². The van der Waals surface area contributed by atoms with E-state index in [1.807, 2.05) is 55.5 Å².